The van der Waals surface area contributed by atoms with Crippen LogP contribution < -0.4 is 16.0 Å². The third kappa shape index (κ3) is 5.06. The number of benzene rings is 2. The summed E-state index contributed by atoms with van der Waals surface area (Å²) in [4.78, 5) is 16.2. The normalized spacial score (nSPS) is 15.1. The van der Waals surface area contributed by atoms with Crippen LogP contribution >= 0.6 is 0 Å². The predicted molar refractivity (Wildman–Crippen MR) is 105 cm³/mol. The van der Waals surface area contributed by atoms with Crippen LogP contribution in [0.5, 0.6) is 0 Å². The number of amides is 1. The molecule has 0 saturated heterocycles. The summed E-state index contributed by atoms with van der Waals surface area (Å²) in [5, 5.41) is 9.37. The van der Waals surface area contributed by atoms with Gasteiger partial charge >= 0.3 is 0 Å². The molecule has 1 amide bonds. The van der Waals surface area contributed by atoms with Crippen LogP contribution in [-0.4, -0.2) is 38.5 Å². The molecule has 27 heavy (non-hydrogen) atoms. The van der Waals surface area contributed by atoms with Gasteiger partial charge in [-0.2, -0.15) is 0 Å². The van der Waals surface area contributed by atoms with Crippen molar-refractivity contribution in [3.05, 3.63) is 71.5 Å². The minimum Gasteiger partial charge on any atom is -0.356 e. The van der Waals surface area contributed by atoms with Crippen LogP contribution in [0.2, 0.25) is 0 Å². The minimum absolute atomic E-state index is 0.0127. The summed E-state index contributed by atoms with van der Waals surface area (Å²) in [5.74, 6) is 0.380. The van der Waals surface area contributed by atoms with Crippen LogP contribution in [0.4, 0.5) is 4.39 Å². The molecule has 1 fully saturated rings. The van der Waals surface area contributed by atoms with Crippen LogP contribution in [-0.2, 0) is 5.41 Å². The zero-order valence-electron chi connectivity index (χ0n) is 15.5. The Morgan fingerprint density at radius 2 is 1.78 bits per heavy atom. The predicted octanol–water partition coefficient (Wildman–Crippen LogP) is 2.45. The van der Waals surface area contributed by atoms with Gasteiger partial charge in [0.25, 0.3) is 5.91 Å². The zero-order chi connectivity index (χ0) is 19.1. The monoisotopic (exact) mass is 368 g/mol. The fourth-order valence-corrected chi connectivity index (χ4v) is 3.06. The molecule has 0 radical (unpaired) electrons. The summed E-state index contributed by atoms with van der Waals surface area (Å²) in [6, 6.07) is 15.9. The molecule has 2 aromatic rings. The first-order valence-electron chi connectivity index (χ1n) is 9.17. The molecule has 2 aromatic carbocycles. The minimum atomic E-state index is -0.199. The van der Waals surface area contributed by atoms with Crippen molar-refractivity contribution in [2.75, 3.05) is 26.7 Å². The van der Waals surface area contributed by atoms with Crippen molar-refractivity contribution >= 4 is 11.9 Å². The number of hydrogen-bond donors (Lipinski definition) is 3. The third-order valence-corrected chi connectivity index (χ3v) is 4.85. The highest BCUT2D eigenvalue weighted by atomic mass is 19.1. The van der Waals surface area contributed by atoms with Crippen molar-refractivity contribution in [2.45, 2.75) is 18.3 Å². The van der Waals surface area contributed by atoms with Gasteiger partial charge in [-0.25, -0.2) is 4.39 Å². The number of rotatable bonds is 7. The molecule has 0 heterocycles. The Morgan fingerprint density at radius 3 is 2.44 bits per heavy atom. The molecular weight excluding hydrogens is 343 g/mol. The Labute approximate surface area is 159 Å². The van der Waals surface area contributed by atoms with E-state index in [-0.39, 0.29) is 17.1 Å². The molecule has 0 bridgehead atoms. The summed E-state index contributed by atoms with van der Waals surface area (Å²) in [6.45, 7) is 1.75. The van der Waals surface area contributed by atoms with Crippen molar-refractivity contribution in [3.8, 4) is 0 Å². The fraction of sp³-hybridized carbons (Fsp3) is 0.333. The average molecular weight is 368 g/mol. The van der Waals surface area contributed by atoms with E-state index in [0.717, 1.165) is 18.4 Å². The lowest BCUT2D eigenvalue weighted by Crippen LogP contribution is -2.44. The molecule has 0 aromatic heterocycles. The smallest absolute Gasteiger partial charge is 0.251 e. The van der Waals surface area contributed by atoms with E-state index in [0.29, 0.717) is 31.2 Å². The summed E-state index contributed by atoms with van der Waals surface area (Å²) in [6.07, 6.45) is 2.07. The van der Waals surface area contributed by atoms with E-state index in [9.17, 15) is 9.18 Å². The SMILES string of the molecule is CN=C(NCCNC(=O)c1ccccc1)NCC1(c2cccc(F)c2)CC1. The summed E-state index contributed by atoms with van der Waals surface area (Å²) in [7, 11) is 1.71. The highest BCUT2D eigenvalue weighted by molar-refractivity contribution is 5.94. The van der Waals surface area contributed by atoms with Crippen LogP contribution in [0.1, 0.15) is 28.8 Å². The van der Waals surface area contributed by atoms with E-state index in [1.165, 1.54) is 6.07 Å². The number of nitrogens with one attached hydrogen (secondary N) is 3. The first-order chi connectivity index (χ1) is 13.1. The van der Waals surface area contributed by atoms with Gasteiger partial charge in [-0.15, -0.1) is 0 Å². The lowest BCUT2D eigenvalue weighted by Gasteiger charge is -2.19. The second-order valence-corrected chi connectivity index (χ2v) is 6.77. The molecule has 3 N–H and O–H groups in total. The van der Waals surface area contributed by atoms with Crippen LogP contribution in [0.15, 0.2) is 59.6 Å². The molecule has 0 unspecified atom stereocenters. The Balaban J connectivity index is 1.42. The van der Waals surface area contributed by atoms with Crippen LogP contribution in [0.3, 0.4) is 0 Å². The standard InChI is InChI=1S/C21H25FN4O/c1-23-20(25-13-12-24-19(27)16-6-3-2-4-7-16)26-15-21(10-11-21)17-8-5-9-18(22)14-17/h2-9,14H,10-13,15H2,1H3,(H,24,27)(H2,23,25,26). The second kappa shape index (κ2) is 8.66. The van der Waals surface area contributed by atoms with Gasteiger partial charge in [-0.3, -0.25) is 9.79 Å². The number of hydrogen-bond acceptors (Lipinski definition) is 2. The highest BCUT2D eigenvalue weighted by Crippen LogP contribution is 2.47. The van der Waals surface area contributed by atoms with E-state index >= 15 is 0 Å². The van der Waals surface area contributed by atoms with E-state index in [2.05, 4.69) is 20.9 Å². The van der Waals surface area contributed by atoms with E-state index in [4.69, 9.17) is 0 Å². The number of carbonyl (C=O) groups is 1. The molecule has 6 heteroatoms. The maximum atomic E-state index is 13.5. The number of halogens is 1. The third-order valence-electron chi connectivity index (χ3n) is 4.85. The highest BCUT2D eigenvalue weighted by Gasteiger charge is 2.44. The number of aliphatic imine (C=N–C) groups is 1. The quantitative estimate of drug-likeness (QED) is 0.400. The van der Waals surface area contributed by atoms with Crippen LogP contribution in [0.25, 0.3) is 0 Å². The maximum Gasteiger partial charge on any atom is 0.251 e. The van der Waals surface area contributed by atoms with E-state index in [1.54, 1.807) is 31.3 Å². The second-order valence-electron chi connectivity index (χ2n) is 6.77. The van der Waals surface area contributed by atoms with Gasteiger partial charge in [0.15, 0.2) is 5.96 Å². The lowest BCUT2D eigenvalue weighted by molar-refractivity contribution is 0.0954. The molecule has 142 valence electrons. The molecule has 0 atom stereocenters. The molecule has 0 spiro atoms. The van der Waals surface area contributed by atoms with E-state index < -0.39 is 0 Å². The Kier molecular flexibility index (Phi) is 6.06. The summed E-state index contributed by atoms with van der Waals surface area (Å²) in [5.41, 5.74) is 1.66. The summed E-state index contributed by atoms with van der Waals surface area (Å²) < 4.78 is 13.5. The Hall–Kier alpha value is -2.89. The van der Waals surface area contributed by atoms with Gasteiger partial charge < -0.3 is 16.0 Å². The van der Waals surface area contributed by atoms with Crippen molar-refractivity contribution in [1.29, 1.82) is 0 Å². The van der Waals surface area contributed by atoms with Gasteiger partial charge in [0.05, 0.1) is 0 Å². The number of guanidine groups is 1. The fourth-order valence-electron chi connectivity index (χ4n) is 3.06. The van der Waals surface area contributed by atoms with Gasteiger partial charge in [0.1, 0.15) is 5.82 Å². The lowest BCUT2D eigenvalue weighted by atomic mass is 9.96. The zero-order valence-corrected chi connectivity index (χ0v) is 15.5. The van der Waals surface area contributed by atoms with E-state index in [1.807, 2.05) is 24.3 Å². The maximum absolute atomic E-state index is 13.5. The number of nitrogens with zero attached hydrogens (tertiary/aromatic N) is 1. The first kappa shape index (κ1) is 18.9. The average Bonchev–Trinajstić information content (AvgIpc) is 3.49. The summed E-state index contributed by atoms with van der Waals surface area (Å²) >= 11 is 0. The molecular formula is C21H25FN4O. The molecule has 1 aliphatic rings. The van der Waals surface area contributed by atoms with Crippen molar-refractivity contribution < 1.29 is 9.18 Å². The Morgan fingerprint density at radius 1 is 1.04 bits per heavy atom. The molecule has 1 saturated carbocycles. The van der Waals surface area contributed by atoms with Gasteiger partial charge in [0, 0.05) is 37.7 Å². The van der Waals surface area contributed by atoms with Gasteiger partial charge in [-0.1, -0.05) is 30.3 Å². The molecule has 5 nitrogen and oxygen atoms in total. The van der Waals surface area contributed by atoms with Gasteiger partial charge in [-0.05, 0) is 42.7 Å². The number of carbonyl (C=O) groups excluding carboxylic acids is 1. The van der Waals surface area contributed by atoms with Crippen LogP contribution in [0, 0.1) is 5.82 Å². The largest absolute Gasteiger partial charge is 0.356 e. The van der Waals surface area contributed by atoms with Crippen molar-refractivity contribution in [2.24, 2.45) is 4.99 Å². The van der Waals surface area contributed by atoms with Gasteiger partial charge in [0.2, 0.25) is 0 Å². The Bertz CT molecular complexity index is 803. The first-order valence-corrected chi connectivity index (χ1v) is 9.17. The van der Waals surface area contributed by atoms with Crippen molar-refractivity contribution in [3.63, 3.8) is 0 Å². The molecule has 0 aliphatic heterocycles. The molecule has 1 aliphatic carbocycles. The van der Waals surface area contributed by atoms with Crippen molar-refractivity contribution in [1.82, 2.24) is 16.0 Å². The molecule has 3 rings (SSSR count). The topological polar surface area (TPSA) is 65.5 Å².